The number of nitrogens with zero attached hydrogens (tertiary/aromatic N) is 3. The molecule has 0 bridgehead atoms. The third-order valence-corrected chi connectivity index (χ3v) is 7.15. The van der Waals surface area contributed by atoms with Crippen LogP contribution in [0.1, 0.15) is 19.3 Å². The van der Waals surface area contributed by atoms with Gasteiger partial charge < -0.3 is 24.6 Å². The molecule has 0 aliphatic carbocycles. The Morgan fingerprint density at radius 3 is 2.57 bits per heavy atom. The highest BCUT2D eigenvalue weighted by Crippen LogP contribution is 2.44. The number of urea groups is 1. The summed E-state index contributed by atoms with van der Waals surface area (Å²) in [6.45, 7) is 1.74. The topological polar surface area (TPSA) is 99.8 Å². The van der Waals surface area contributed by atoms with E-state index in [1.54, 1.807) is 31.4 Å². The summed E-state index contributed by atoms with van der Waals surface area (Å²) in [4.78, 5) is 30.0. The number of H-pyrrole nitrogens is 1. The van der Waals surface area contributed by atoms with E-state index >= 15 is 0 Å². The van der Waals surface area contributed by atoms with E-state index < -0.39 is 5.41 Å². The van der Waals surface area contributed by atoms with Gasteiger partial charge in [-0.2, -0.15) is 5.10 Å². The quantitative estimate of drug-likeness (QED) is 0.578. The van der Waals surface area contributed by atoms with Crippen LogP contribution in [0.3, 0.4) is 0 Å². The molecule has 2 aromatic carbocycles. The normalized spacial score (nSPS) is 17.0. The fourth-order valence-electron chi connectivity index (χ4n) is 5.06. The zero-order chi connectivity index (χ0) is 24.4. The van der Waals surface area contributed by atoms with Crippen molar-refractivity contribution in [3.8, 4) is 22.6 Å². The number of hydrogen-bond acceptors (Lipinski definition) is 5. The molecule has 1 spiro atoms. The van der Waals surface area contributed by atoms with Crippen molar-refractivity contribution in [2.45, 2.75) is 19.3 Å². The van der Waals surface area contributed by atoms with Gasteiger partial charge in [0.25, 0.3) is 0 Å². The van der Waals surface area contributed by atoms with Crippen LogP contribution < -0.4 is 19.7 Å². The molecular weight excluding hydrogens is 446 g/mol. The molecule has 0 atom stereocenters. The van der Waals surface area contributed by atoms with Gasteiger partial charge in [0.15, 0.2) is 0 Å². The van der Waals surface area contributed by atoms with E-state index in [0.717, 1.165) is 23.2 Å². The van der Waals surface area contributed by atoms with E-state index in [-0.39, 0.29) is 11.9 Å². The highest BCUT2D eigenvalue weighted by atomic mass is 16.5. The molecule has 3 heterocycles. The fraction of sp³-hybridized carbons (Fsp3) is 0.346. The van der Waals surface area contributed by atoms with Gasteiger partial charge in [-0.25, -0.2) is 4.79 Å². The monoisotopic (exact) mass is 475 g/mol. The number of aromatic amines is 1. The number of benzene rings is 2. The zero-order valence-corrected chi connectivity index (χ0v) is 19.9. The number of carbonyl (C=O) groups is 2. The summed E-state index contributed by atoms with van der Waals surface area (Å²) < 4.78 is 10.8. The van der Waals surface area contributed by atoms with Crippen LogP contribution in [0.15, 0.2) is 54.9 Å². The second-order valence-electron chi connectivity index (χ2n) is 9.01. The minimum atomic E-state index is -0.427. The van der Waals surface area contributed by atoms with Gasteiger partial charge in [0.1, 0.15) is 11.5 Å². The van der Waals surface area contributed by atoms with E-state index in [4.69, 9.17) is 9.47 Å². The molecule has 0 saturated carbocycles. The van der Waals surface area contributed by atoms with Gasteiger partial charge in [0.05, 0.1) is 25.8 Å². The van der Waals surface area contributed by atoms with Gasteiger partial charge >= 0.3 is 6.03 Å². The molecular formula is C26H29N5O4. The fourth-order valence-corrected chi connectivity index (χ4v) is 5.06. The van der Waals surface area contributed by atoms with Crippen LogP contribution in [0.2, 0.25) is 0 Å². The van der Waals surface area contributed by atoms with E-state index in [2.05, 4.69) is 15.5 Å². The summed E-state index contributed by atoms with van der Waals surface area (Å²) in [5.41, 5.74) is 2.93. The van der Waals surface area contributed by atoms with Crippen molar-refractivity contribution in [3.63, 3.8) is 0 Å². The van der Waals surface area contributed by atoms with Crippen LogP contribution in [-0.4, -0.2) is 60.9 Å². The highest BCUT2D eigenvalue weighted by Gasteiger charge is 2.49. The minimum Gasteiger partial charge on any atom is -0.497 e. The van der Waals surface area contributed by atoms with E-state index in [0.29, 0.717) is 49.7 Å². The number of nitrogens with one attached hydrogen (secondary N) is 2. The molecule has 2 fully saturated rings. The summed E-state index contributed by atoms with van der Waals surface area (Å²) in [7, 11) is 3.22. The lowest BCUT2D eigenvalue weighted by atomic mass is 9.77. The van der Waals surface area contributed by atoms with E-state index in [1.165, 1.54) is 0 Å². The molecule has 2 N–H and O–H groups in total. The predicted octanol–water partition coefficient (Wildman–Crippen LogP) is 4.14. The Bertz CT molecular complexity index is 1220. The van der Waals surface area contributed by atoms with Crippen molar-refractivity contribution in [1.82, 2.24) is 15.1 Å². The van der Waals surface area contributed by atoms with Crippen molar-refractivity contribution in [1.29, 1.82) is 0 Å². The number of methoxy groups -OCH3 is 2. The molecule has 0 unspecified atom stereocenters. The Morgan fingerprint density at radius 1 is 1.06 bits per heavy atom. The number of amides is 3. The second-order valence-corrected chi connectivity index (χ2v) is 9.01. The van der Waals surface area contributed by atoms with Crippen molar-refractivity contribution < 1.29 is 19.1 Å². The number of anilines is 2. The lowest BCUT2D eigenvalue weighted by Gasteiger charge is -2.37. The zero-order valence-electron chi connectivity index (χ0n) is 19.9. The molecule has 0 radical (unpaired) electrons. The Morgan fingerprint density at radius 2 is 1.86 bits per heavy atom. The third kappa shape index (κ3) is 4.29. The van der Waals surface area contributed by atoms with Crippen LogP contribution in [0, 0.1) is 5.41 Å². The van der Waals surface area contributed by atoms with Gasteiger partial charge in [-0.05, 0) is 43.5 Å². The highest BCUT2D eigenvalue weighted by molar-refractivity contribution is 6.00. The van der Waals surface area contributed by atoms with Gasteiger partial charge in [-0.3, -0.25) is 9.89 Å². The van der Waals surface area contributed by atoms with E-state index in [9.17, 15) is 9.59 Å². The number of likely N-dealkylation sites (tertiary alicyclic amines) is 1. The summed E-state index contributed by atoms with van der Waals surface area (Å²) in [5, 5.41) is 9.76. The summed E-state index contributed by atoms with van der Waals surface area (Å²) in [6.07, 6.45) is 5.64. The lowest BCUT2D eigenvalue weighted by Crippen LogP contribution is -2.47. The van der Waals surface area contributed by atoms with Crippen molar-refractivity contribution in [2.75, 3.05) is 44.1 Å². The first kappa shape index (κ1) is 22.8. The number of ether oxygens (including phenoxy) is 2. The SMILES string of the molecule is COc1cccc(NC(=O)N2CCC3(CC2)CCN(c2ccc(-c4cn[nH]c4)c(OC)c2)C3=O)c1. The number of piperidine rings is 1. The molecule has 35 heavy (non-hydrogen) atoms. The van der Waals surface area contributed by atoms with Crippen LogP contribution in [-0.2, 0) is 4.79 Å². The Labute approximate surface area is 204 Å². The van der Waals surface area contributed by atoms with Crippen LogP contribution in [0.5, 0.6) is 11.5 Å². The van der Waals surface area contributed by atoms with Crippen LogP contribution in [0.4, 0.5) is 16.2 Å². The number of hydrogen-bond donors (Lipinski definition) is 2. The molecule has 2 saturated heterocycles. The molecule has 2 aliphatic rings. The predicted molar refractivity (Wildman–Crippen MR) is 133 cm³/mol. The maximum atomic E-state index is 13.6. The third-order valence-electron chi connectivity index (χ3n) is 7.15. The van der Waals surface area contributed by atoms with Crippen molar-refractivity contribution in [2.24, 2.45) is 5.41 Å². The number of carbonyl (C=O) groups excluding carboxylic acids is 2. The number of rotatable bonds is 5. The first-order valence-electron chi connectivity index (χ1n) is 11.7. The van der Waals surface area contributed by atoms with Gasteiger partial charge in [-0.15, -0.1) is 0 Å². The molecule has 2 aliphatic heterocycles. The largest absolute Gasteiger partial charge is 0.497 e. The van der Waals surface area contributed by atoms with Gasteiger partial charge in [-0.1, -0.05) is 6.07 Å². The summed E-state index contributed by atoms with van der Waals surface area (Å²) in [6, 6.07) is 13.0. The Balaban J connectivity index is 1.25. The first-order valence-corrected chi connectivity index (χ1v) is 11.7. The van der Waals surface area contributed by atoms with E-state index in [1.807, 2.05) is 47.5 Å². The minimum absolute atomic E-state index is 0.128. The summed E-state index contributed by atoms with van der Waals surface area (Å²) >= 11 is 0. The molecule has 3 aromatic rings. The molecule has 5 rings (SSSR count). The maximum Gasteiger partial charge on any atom is 0.321 e. The number of aromatic nitrogens is 2. The second kappa shape index (κ2) is 9.32. The summed E-state index contributed by atoms with van der Waals surface area (Å²) in [5.74, 6) is 1.51. The smallest absolute Gasteiger partial charge is 0.321 e. The van der Waals surface area contributed by atoms with Crippen molar-refractivity contribution in [3.05, 3.63) is 54.9 Å². The molecule has 3 amide bonds. The standard InChI is InChI=1S/C26H29N5O4/c1-34-21-5-3-4-19(14-21)29-25(33)30-11-8-26(9-12-30)10-13-31(24(26)32)20-6-7-22(23(15-20)35-2)18-16-27-28-17-18/h3-7,14-17H,8-13H2,1-2H3,(H,27,28)(H,29,33). The molecule has 9 nitrogen and oxygen atoms in total. The van der Waals surface area contributed by atoms with Crippen molar-refractivity contribution >= 4 is 23.3 Å². The Hall–Kier alpha value is -4.01. The van der Waals surface area contributed by atoms with Gasteiger partial charge in [0, 0.05) is 60.5 Å². The first-order chi connectivity index (χ1) is 17.0. The van der Waals surface area contributed by atoms with Crippen LogP contribution >= 0.6 is 0 Å². The Kier molecular flexibility index (Phi) is 6.07. The molecule has 182 valence electrons. The molecule has 1 aromatic heterocycles. The average molecular weight is 476 g/mol. The lowest BCUT2D eigenvalue weighted by molar-refractivity contribution is -0.127. The van der Waals surface area contributed by atoms with Gasteiger partial charge in [0.2, 0.25) is 5.91 Å². The average Bonchev–Trinajstić information content (AvgIpc) is 3.53. The maximum absolute atomic E-state index is 13.6. The molecule has 9 heteroatoms. The van der Waals surface area contributed by atoms with Crippen LogP contribution in [0.25, 0.3) is 11.1 Å².